The van der Waals surface area contributed by atoms with Crippen molar-refractivity contribution in [3.8, 4) is 0 Å². The second kappa shape index (κ2) is 8.14. The number of carboxylic acids is 1. The van der Waals surface area contributed by atoms with E-state index in [1.165, 1.54) is 31.2 Å². The summed E-state index contributed by atoms with van der Waals surface area (Å²) in [5.74, 6) is -2.45. The Morgan fingerprint density at radius 2 is 1.69 bits per heavy atom. The number of aliphatic carboxylic acids is 1. The first kappa shape index (κ1) is 19.7. The average Bonchev–Trinajstić information content (AvgIpc) is 2.61. The Kier molecular flexibility index (Phi) is 6.15. The van der Waals surface area contributed by atoms with Crippen molar-refractivity contribution in [2.75, 3.05) is 0 Å². The summed E-state index contributed by atoms with van der Waals surface area (Å²) in [4.78, 5) is 23.4. The molecule has 0 aromatic heterocycles. The molecule has 2 N–H and O–H groups in total. The first-order valence-electron chi connectivity index (χ1n) is 8.11. The van der Waals surface area contributed by atoms with E-state index in [1.807, 2.05) is 0 Å². The van der Waals surface area contributed by atoms with Gasteiger partial charge in [0, 0.05) is 11.6 Å². The number of carbonyl (C=O) groups is 2. The van der Waals surface area contributed by atoms with Crippen LogP contribution in [0.2, 0.25) is 0 Å². The van der Waals surface area contributed by atoms with Crippen LogP contribution in [0.4, 0.5) is 0 Å². The molecule has 0 heterocycles. The highest BCUT2D eigenvalue weighted by Crippen LogP contribution is 2.18. The monoisotopic (exact) mass is 375 g/mol. The van der Waals surface area contributed by atoms with Gasteiger partial charge in [-0.1, -0.05) is 36.4 Å². The van der Waals surface area contributed by atoms with Crippen LogP contribution in [0, 0.1) is 5.92 Å². The Morgan fingerprint density at radius 1 is 1.04 bits per heavy atom. The Hall–Kier alpha value is -2.67. The molecule has 2 aromatic carbocycles. The van der Waals surface area contributed by atoms with Gasteiger partial charge in [0.05, 0.1) is 16.6 Å². The van der Waals surface area contributed by atoms with Crippen LogP contribution in [-0.4, -0.2) is 31.4 Å². The minimum atomic E-state index is -3.60. The van der Waals surface area contributed by atoms with Crippen molar-refractivity contribution < 1.29 is 23.1 Å². The van der Waals surface area contributed by atoms with E-state index in [0.29, 0.717) is 5.56 Å². The topological polar surface area (TPSA) is 101 Å². The van der Waals surface area contributed by atoms with E-state index in [4.69, 9.17) is 5.11 Å². The zero-order valence-electron chi connectivity index (χ0n) is 14.5. The average molecular weight is 375 g/mol. The number of amides is 1. The molecule has 138 valence electrons. The van der Waals surface area contributed by atoms with Crippen molar-refractivity contribution in [1.82, 2.24) is 5.32 Å². The lowest BCUT2D eigenvalue weighted by molar-refractivity contribution is -0.141. The van der Waals surface area contributed by atoms with Gasteiger partial charge in [0.25, 0.3) is 5.91 Å². The third kappa shape index (κ3) is 4.92. The quantitative estimate of drug-likeness (QED) is 0.774. The lowest BCUT2D eigenvalue weighted by Crippen LogP contribution is -2.40. The predicted octanol–water partition coefficient (Wildman–Crippen LogP) is 2.50. The predicted molar refractivity (Wildman–Crippen MR) is 97.5 cm³/mol. The standard InChI is InChI=1S/C19H21NO5S/c1-13(19(22)23)14(2)20-18(21)16-9-6-10-17(11-16)26(24,25)12-15-7-4-3-5-8-15/h3-11,13-14H,12H2,1-2H3,(H,20,21)(H,22,23). The molecular formula is C19H21NO5S. The summed E-state index contributed by atoms with van der Waals surface area (Å²) in [6.07, 6.45) is 0. The number of nitrogens with one attached hydrogen (secondary N) is 1. The maximum atomic E-state index is 12.6. The van der Waals surface area contributed by atoms with E-state index < -0.39 is 33.7 Å². The van der Waals surface area contributed by atoms with Crippen LogP contribution in [0.15, 0.2) is 59.5 Å². The number of hydrogen-bond acceptors (Lipinski definition) is 4. The smallest absolute Gasteiger partial charge is 0.308 e. The van der Waals surface area contributed by atoms with Crippen LogP contribution < -0.4 is 5.32 Å². The molecule has 0 bridgehead atoms. The van der Waals surface area contributed by atoms with E-state index >= 15 is 0 Å². The Labute approximate surface area is 152 Å². The fourth-order valence-corrected chi connectivity index (χ4v) is 3.73. The summed E-state index contributed by atoms with van der Waals surface area (Å²) in [7, 11) is -3.60. The molecule has 0 aliphatic carbocycles. The minimum Gasteiger partial charge on any atom is -0.481 e. The van der Waals surface area contributed by atoms with Crippen molar-refractivity contribution in [2.24, 2.45) is 5.92 Å². The van der Waals surface area contributed by atoms with Crippen molar-refractivity contribution in [1.29, 1.82) is 0 Å². The van der Waals surface area contributed by atoms with Crippen molar-refractivity contribution in [3.63, 3.8) is 0 Å². The zero-order chi connectivity index (χ0) is 19.3. The van der Waals surface area contributed by atoms with Gasteiger partial charge in [-0.15, -0.1) is 0 Å². The Bertz CT molecular complexity index is 893. The van der Waals surface area contributed by atoms with Gasteiger partial charge in [0.1, 0.15) is 0 Å². The molecule has 7 heteroatoms. The van der Waals surface area contributed by atoms with E-state index in [-0.39, 0.29) is 16.2 Å². The van der Waals surface area contributed by atoms with Gasteiger partial charge in [-0.2, -0.15) is 0 Å². The van der Waals surface area contributed by atoms with Crippen molar-refractivity contribution in [3.05, 3.63) is 65.7 Å². The lowest BCUT2D eigenvalue weighted by atomic mass is 10.0. The molecule has 0 saturated heterocycles. The molecule has 2 unspecified atom stereocenters. The number of benzene rings is 2. The van der Waals surface area contributed by atoms with E-state index in [9.17, 15) is 18.0 Å². The molecule has 2 rings (SSSR count). The fourth-order valence-electron chi connectivity index (χ4n) is 2.34. The van der Waals surface area contributed by atoms with Gasteiger partial charge in [0.15, 0.2) is 9.84 Å². The highest BCUT2D eigenvalue weighted by Gasteiger charge is 2.22. The SMILES string of the molecule is CC(NC(=O)c1cccc(S(=O)(=O)Cc2ccccc2)c1)C(C)C(=O)O. The second-order valence-corrected chi connectivity index (χ2v) is 8.15. The minimum absolute atomic E-state index is 0.0490. The first-order chi connectivity index (χ1) is 12.2. The molecule has 0 saturated carbocycles. The number of rotatable bonds is 7. The number of hydrogen-bond donors (Lipinski definition) is 2. The molecule has 0 spiro atoms. The third-order valence-corrected chi connectivity index (χ3v) is 5.84. The van der Waals surface area contributed by atoms with Gasteiger partial charge in [-0.3, -0.25) is 9.59 Å². The van der Waals surface area contributed by atoms with Crippen LogP contribution in [0.1, 0.15) is 29.8 Å². The Morgan fingerprint density at radius 3 is 2.31 bits per heavy atom. The highest BCUT2D eigenvalue weighted by molar-refractivity contribution is 7.90. The molecule has 0 aliphatic heterocycles. The summed E-state index contributed by atoms with van der Waals surface area (Å²) in [5.41, 5.74) is 0.829. The maximum Gasteiger partial charge on any atom is 0.308 e. The van der Waals surface area contributed by atoms with Crippen LogP contribution in [0.25, 0.3) is 0 Å². The fraction of sp³-hybridized carbons (Fsp3) is 0.263. The largest absolute Gasteiger partial charge is 0.481 e. The van der Waals surface area contributed by atoms with Gasteiger partial charge in [-0.05, 0) is 37.6 Å². The summed E-state index contributed by atoms with van der Waals surface area (Å²) < 4.78 is 25.2. The number of carbonyl (C=O) groups excluding carboxylic acids is 1. The molecule has 0 aliphatic rings. The highest BCUT2D eigenvalue weighted by atomic mass is 32.2. The van der Waals surface area contributed by atoms with Gasteiger partial charge in [-0.25, -0.2) is 8.42 Å². The molecule has 1 amide bonds. The first-order valence-corrected chi connectivity index (χ1v) is 9.76. The van der Waals surface area contributed by atoms with Crippen molar-refractivity contribution >= 4 is 21.7 Å². The molecular weight excluding hydrogens is 354 g/mol. The lowest BCUT2D eigenvalue weighted by Gasteiger charge is -2.18. The molecule has 2 atom stereocenters. The van der Waals surface area contributed by atoms with Crippen molar-refractivity contribution in [2.45, 2.75) is 30.5 Å². The van der Waals surface area contributed by atoms with Gasteiger partial charge in [0.2, 0.25) is 0 Å². The van der Waals surface area contributed by atoms with E-state index in [1.54, 1.807) is 37.3 Å². The molecule has 0 fully saturated rings. The summed E-state index contributed by atoms with van der Waals surface area (Å²) in [5, 5.41) is 11.6. The van der Waals surface area contributed by atoms with Crippen LogP contribution in [-0.2, 0) is 20.4 Å². The summed E-state index contributed by atoms with van der Waals surface area (Å²) >= 11 is 0. The van der Waals surface area contributed by atoms with E-state index in [0.717, 1.165) is 0 Å². The molecule has 0 radical (unpaired) electrons. The third-order valence-electron chi connectivity index (χ3n) is 4.15. The van der Waals surface area contributed by atoms with E-state index in [2.05, 4.69) is 5.32 Å². The number of carboxylic acid groups (broad SMARTS) is 1. The summed E-state index contributed by atoms with van der Waals surface area (Å²) in [6.45, 7) is 3.08. The maximum absolute atomic E-state index is 12.6. The van der Waals surface area contributed by atoms with Gasteiger partial charge >= 0.3 is 5.97 Å². The normalized spacial score (nSPS) is 13.6. The number of sulfone groups is 1. The van der Waals surface area contributed by atoms with Crippen LogP contribution in [0.3, 0.4) is 0 Å². The summed E-state index contributed by atoms with van der Waals surface area (Å²) in [6, 6.07) is 13.9. The molecule has 2 aromatic rings. The molecule has 6 nitrogen and oxygen atoms in total. The van der Waals surface area contributed by atoms with Gasteiger partial charge < -0.3 is 10.4 Å². The van der Waals surface area contributed by atoms with Crippen LogP contribution >= 0.6 is 0 Å². The second-order valence-electron chi connectivity index (χ2n) is 6.16. The zero-order valence-corrected chi connectivity index (χ0v) is 15.4. The Balaban J connectivity index is 2.19. The van der Waals surface area contributed by atoms with Crippen LogP contribution in [0.5, 0.6) is 0 Å². The molecule has 26 heavy (non-hydrogen) atoms.